The van der Waals surface area contributed by atoms with Crippen LogP contribution in [0.2, 0.25) is 0 Å². The van der Waals surface area contributed by atoms with Gasteiger partial charge in [-0.2, -0.15) is 5.01 Å². The zero-order chi connectivity index (χ0) is 20.7. The standard InChI is InChI=1S/C20H16N4O5/c1-2-29-20(28)11-7-9-12(10-8-11)24-19(27)15(16(21)22-24)23-17(25)13-5-3-4-6-14(13)18(23)26/h3-10,15H,2H2,1H3,(H2,21,22). The van der Waals surface area contributed by atoms with E-state index in [9.17, 15) is 19.2 Å². The molecule has 0 aromatic heterocycles. The first-order valence-electron chi connectivity index (χ1n) is 8.86. The van der Waals surface area contributed by atoms with E-state index in [-0.39, 0.29) is 23.6 Å². The third kappa shape index (κ3) is 2.83. The molecule has 4 rings (SSSR count). The third-order valence-electron chi connectivity index (χ3n) is 4.64. The van der Waals surface area contributed by atoms with Crippen LogP contribution < -0.4 is 10.7 Å². The Morgan fingerprint density at radius 3 is 2.17 bits per heavy atom. The van der Waals surface area contributed by atoms with Crippen LogP contribution in [-0.2, 0) is 9.53 Å². The molecule has 146 valence electrons. The van der Waals surface area contributed by atoms with Gasteiger partial charge in [0.15, 0.2) is 11.9 Å². The number of amides is 3. The number of hydrogen-bond donors (Lipinski definition) is 1. The fourth-order valence-corrected chi connectivity index (χ4v) is 3.28. The lowest BCUT2D eigenvalue weighted by atomic mass is 10.1. The zero-order valence-corrected chi connectivity index (χ0v) is 15.4. The number of imide groups is 1. The second-order valence-electron chi connectivity index (χ2n) is 6.37. The molecule has 1 atom stereocenters. The number of amidine groups is 1. The summed E-state index contributed by atoms with van der Waals surface area (Å²) in [5.74, 6) is -2.48. The molecule has 2 aromatic carbocycles. The molecule has 2 heterocycles. The maximum atomic E-state index is 13.0. The molecule has 0 fully saturated rings. The van der Waals surface area contributed by atoms with Crippen LogP contribution in [0.15, 0.2) is 53.6 Å². The maximum Gasteiger partial charge on any atom is 0.338 e. The summed E-state index contributed by atoms with van der Waals surface area (Å²) in [6.07, 6.45) is 0. The Morgan fingerprint density at radius 2 is 1.62 bits per heavy atom. The average Bonchev–Trinajstić information content (AvgIpc) is 3.15. The summed E-state index contributed by atoms with van der Waals surface area (Å²) in [6, 6.07) is 11.0. The van der Waals surface area contributed by atoms with E-state index in [1.54, 1.807) is 19.1 Å². The minimum Gasteiger partial charge on any atom is -0.462 e. The second-order valence-corrected chi connectivity index (χ2v) is 6.37. The van der Waals surface area contributed by atoms with Gasteiger partial charge in [0.25, 0.3) is 17.7 Å². The summed E-state index contributed by atoms with van der Waals surface area (Å²) in [7, 11) is 0. The molecule has 3 amide bonds. The van der Waals surface area contributed by atoms with Gasteiger partial charge < -0.3 is 10.5 Å². The lowest BCUT2D eigenvalue weighted by molar-refractivity contribution is -0.119. The number of hydrazone groups is 1. The second kappa shape index (κ2) is 6.86. The number of hydrogen-bond acceptors (Lipinski definition) is 7. The predicted molar refractivity (Wildman–Crippen MR) is 102 cm³/mol. The van der Waals surface area contributed by atoms with Gasteiger partial charge >= 0.3 is 5.97 Å². The van der Waals surface area contributed by atoms with Gasteiger partial charge in [-0.3, -0.25) is 19.3 Å². The third-order valence-corrected chi connectivity index (χ3v) is 4.64. The molecule has 29 heavy (non-hydrogen) atoms. The Bertz CT molecular complexity index is 1040. The molecule has 0 saturated carbocycles. The van der Waals surface area contributed by atoms with Crippen LogP contribution in [0, 0.1) is 0 Å². The summed E-state index contributed by atoms with van der Waals surface area (Å²) in [5.41, 5.74) is 7.01. The topological polar surface area (TPSA) is 122 Å². The van der Waals surface area contributed by atoms with Crippen molar-refractivity contribution in [3.8, 4) is 0 Å². The Hall–Kier alpha value is -4.01. The van der Waals surface area contributed by atoms with Crippen LogP contribution in [0.4, 0.5) is 5.69 Å². The first-order valence-corrected chi connectivity index (χ1v) is 8.86. The molecule has 0 spiro atoms. The van der Waals surface area contributed by atoms with Crippen LogP contribution >= 0.6 is 0 Å². The van der Waals surface area contributed by atoms with Crippen molar-refractivity contribution in [3.05, 3.63) is 65.2 Å². The van der Waals surface area contributed by atoms with E-state index >= 15 is 0 Å². The van der Waals surface area contributed by atoms with Gasteiger partial charge in [-0.15, -0.1) is 5.10 Å². The monoisotopic (exact) mass is 392 g/mol. The lowest BCUT2D eigenvalue weighted by Crippen LogP contribution is -2.51. The van der Waals surface area contributed by atoms with E-state index in [0.717, 1.165) is 9.91 Å². The van der Waals surface area contributed by atoms with Crippen molar-refractivity contribution in [3.63, 3.8) is 0 Å². The van der Waals surface area contributed by atoms with Gasteiger partial charge in [0.2, 0.25) is 0 Å². The molecule has 2 aliphatic heterocycles. The zero-order valence-electron chi connectivity index (χ0n) is 15.4. The molecule has 2 N–H and O–H groups in total. The molecule has 9 nitrogen and oxygen atoms in total. The molecule has 0 saturated heterocycles. The van der Waals surface area contributed by atoms with Crippen molar-refractivity contribution in [2.45, 2.75) is 13.0 Å². The van der Waals surface area contributed by atoms with E-state index in [4.69, 9.17) is 10.5 Å². The fourth-order valence-electron chi connectivity index (χ4n) is 3.28. The van der Waals surface area contributed by atoms with Gasteiger partial charge in [-0.1, -0.05) is 12.1 Å². The van der Waals surface area contributed by atoms with E-state index in [0.29, 0.717) is 11.3 Å². The minimum absolute atomic E-state index is 0.168. The quantitative estimate of drug-likeness (QED) is 0.615. The predicted octanol–water partition coefficient (Wildman–Crippen LogP) is 1.15. The largest absolute Gasteiger partial charge is 0.462 e. The molecule has 0 aliphatic carbocycles. The summed E-state index contributed by atoms with van der Waals surface area (Å²) in [4.78, 5) is 50.9. The van der Waals surface area contributed by atoms with Crippen molar-refractivity contribution in [2.75, 3.05) is 11.6 Å². The summed E-state index contributed by atoms with van der Waals surface area (Å²) < 4.78 is 4.92. The summed E-state index contributed by atoms with van der Waals surface area (Å²) in [6.45, 7) is 1.94. The van der Waals surface area contributed by atoms with Gasteiger partial charge in [0.05, 0.1) is 29.0 Å². The molecule has 2 aromatic rings. The van der Waals surface area contributed by atoms with E-state index in [2.05, 4.69) is 5.10 Å². The Morgan fingerprint density at radius 1 is 1.03 bits per heavy atom. The SMILES string of the molecule is CCOC(=O)c1ccc(N2N=C(N)C(N3C(=O)c4ccccc4C3=O)C2=O)cc1. The van der Waals surface area contributed by atoms with Crippen LogP contribution in [0.1, 0.15) is 38.0 Å². The van der Waals surface area contributed by atoms with Crippen molar-refractivity contribution < 1.29 is 23.9 Å². The first-order chi connectivity index (χ1) is 13.9. The highest BCUT2D eigenvalue weighted by atomic mass is 16.5. The number of fused-ring (bicyclic) bond motifs is 1. The highest BCUT2D eigenvalue weighted by Gasteiger charge is 2.49. The van der Waals surface area contributed by atoms with Crippen molar-refractivity contribution in [1.29, 1.82) is 0 Å². The van der Waals surface area contributed by atoms with Gasteiger partial charge in [0, 0.05) is 0 Å². The van der Waals surface area contributed by atoms with Crippen LogP contribution in [0.5, 0.6) is 0 Å². The van der Waals surface area contributed by atoms with Gasteiger partial charge in [-0.05, 0) is 43.3 Å². The highest BCUT2D eigenvalue weighted by molar-refractivity contribution is 6.28. The molecule has 1 unspecified atom stereocenters. The molecule has 0 bridgehead atoms. The fraction of sp³-hybridized carbons (Fsp3) is 0.150. The van der Waals surface area contributed by atoms with Crippen LogP contribution in [0.3, 0.4) is 0 Å². The molecule has 9 heteroatoms. The van der Waals surface area contributed by atoms with Gasteiger partial charge in [-0.25, -0.2) is 4.79 Å². The van der Waals surface area contributed by atoms with E-state index in [1.165, 1.54) is 36.4 Å². The van der Waals surface area contributed by atoms with Crippen molar-refractivity contribution >= 4 is 35.2 Å². The van der Waals surface area contributed by atoms with Crippen molar-refractivity contribution in [1.82, 2.24) is 4.90 Å². The Labute approximate surface area is 165 Å². The number of benzene rings is 2. The van der Waals surface area contributed by atoms with Crippen LogP contribution in [0.25, 0.3) is 0 Å². The molecule has 0 radical (unpaired) electrons. The number of anilines is 1. The number of carbonyl (C=O) groups excluding carboxylic acids is 4. The number of nitrogens with zero attached hydrogens (tertiary/aromatic N) is 3. The Kier molecular flexibility index (Phi) is 4.34. The first kappa shape index (κ1) is 18.4. The number of nitrogens with two attached hydrogens (primary N) is 1. The van der Waals surface area contributed by atoms with Crippen LogP contribution in [-0.4, -0.2) is 47.1 Å². The highest BCUT2D eigenvalue weighted by Crippen LogP contribution is 2.29. The van der Waals surface area contributed by atoms with E-state index < -0.39 is 29.7 Å². The Balaban J connectivity index is 1.60. The number of ether oxygens (including phenoxy) is 1. The van der Waals surface area contributed by atoms with E-state index in [1.807, 2.05) is 0 Å². The smallest absolute Gasteiger partial charge is 0.338 e. The van der Waals surface area contributed by atoms with Crippen molar-refractivity contribution in [2.24, 2.45) is 10.8 Å². The lowest BCUT2D eigenvalue weighted by Gasteiger charge is -2.21. The summed E-state index contributed by atoms with van der Waals surface area (Å²) >= 11 is 0. The normalized spacial score (nSPS) is 18.2. The van der Waals surface area contributed by atoms with Gasteiger partial charge in [0.1, 0.15) is 0 Å². The molecular formula is C20H16N4O5. The molecule has 2 aliphatic rings. The average molecular weight is 392 g/mol. The molecular weight excluding hydrogens is 376 g/mol. The summed E-state index contributed by atoms with van der Waals surface area (Å²) in [5, 5.41) is 5.04. The minimum atomic E-state index is -1.33. The number of carbonyl (C=O) groups is 4. The number of rotatable bonds is 4. The number of esters is 1. The maximum absolute atomic E-state index is 13.0.